The van der Waals surface area contributed by atoms with Crippen LogP contribution >= 0.6 is 47.0 Å². The van der Waals surface area contributed by atoms with Gasteiger partial charge < -0.3 is 0 Å². The minimum absolute atomic E-state index is 0.0620. The minimum Gasteiger partial charge on any atom is -0.297 e. The van der Waals surface area contributed by atoms with Crippen LogP contribution in [0.1, 0.15) is 33.9 Å². The summed E-state index contributed by atoms with van der Waals surface area (Å²) in [5.41, 5.74) is 7.82. The SMILES string of the molecule is CN1CC23c4c5c6c7c8c9c(c%10c%11c2c2c4c4c%12c5c5c6c6c8c8c%13c9c9c%10c%10c%11c%11c2c2c4c4c%12c%12c5c5c6c8c6c8c%13c9c9c%10c%10c%11c2c2c4c4c%12c5c6c5c8c9c%10c2c45)C73C1c1ccc2c(=C3SC=CS3)c3ccccc3c(=C3SC=CS3)c2c1. The van der Waals surface area contributed by atoms with E-state index in [0.29, 0.717) is 0 Å². The van der Waals surface area contributed by atoms with E-state index in [1.165, 1.54) is 46.0 Å². The lowest BCUT2D eigenvalue weighted by atomic mass is 9.47. The quantitative estimate of drug-likeness (QED) is 0.119. The van der Waals surface area contributed by atoms with E-state index in [1.807, 2.05) is 47.0 Å². The van der Waals surface area contributed by atoms with Gasteiger partial charge in [-0.15, -0.1) is 0 Å². The van der Waals surface area contributed by atoms with Gasteiger partial charge in [-0.25, -0.2) is 0 Å². The van der Waals surface area contributed by atoms with Crippen LogP contribution in [0.4, 0.5) is 0 Å². The first kappa shape index (κ1) is 36.5. The van der Waals surface area contributed by atoms with Crippen LogP contribution in [0.3, 0.4) is 0 Å². The number of thioether (sulfide) groups is 4. The number of likely N-dealkylation sites (tertiary alicyclic amines) is 1. The van der Waals surface area contributed by atoms with E-state index in [9.17, 15) is 0 Å². The molecule has 38 rings (SSSR count). The van der Waals surface area contributed by atoms with Gasteiger partial charge in [-0.2, -0.15) is 0 Å². The molecule has 4 aliphatic carbocycles. The molecule has 5 heteroatoms. The fourth-order valence-electron chi connectivity index (χ4n) is 29.0. The molecule has 1 fully saturated rings. The Labute approximate surface area is 501 Å². The van der Waals surface area contributed by atoms with Crippen LogP contribution in [0.5, 0.6) is 0 Å². The Hall–Kier alpha value is -8.78. The van der Waals surface area contributed by atoms with Crippen LogP contribution in [-0.2, 0) is 10.8 Å². The fraction of sp³-hybridized carbons (Fsp3) is 0.0602. The maximum absolute atomic E-state index is 3.02. The predicted molar refractivity (Wildman–Crippen MR) is 385 cm³/mol. The Bertz CT molecular complexity index is 8730. The van der Waals surface area contributed by atoms with Gasteiger partial charge in [-0.3, -0.25) is 4.90 Å². The number of likely N-dealkylation sites (N-methyl/N-ethyl adjacent to an activating group) is 1. The molecule has 3 heterocycles. The van der Waals surface area contributed by atoms with Crippen molar-refractivity contribution in [2.75, 3.05) is 13.6 Å². The second-order valence-corrected chi connectivity index (χ2v) is 34.7. The summed E-state index contributed by atoms with van der Waals surface area (Å²) in [6.07, 6.45) is 0. The fourth-order valence-corrected chi connectivity index (χ4v) is 32.9. The van der Waals surface area contributed by atoms with Gasteiger partial charge in [0.1, 0.15) is 0 Å². The molecule has 378 valence electrons. The second kappa shape index (κ2) is 9.11. The zero-order chi connectivity index (χ0) is 53.2. The molecule has 0 saturated carbocycles. The Morgan fingerprint density at radius 2 is 0.523 bits per heavy atom. The van der Waals surface area contributed by atoms with Crippen LogP contribution < -0.4 is 10.4 Å². The number of rotatable bonds is 1. The summed E-state index contributed by atoms with van der Waals surface area (Å²) in [6.45, 7) is 1.01. The Balaban J connectivity index is 0.922. The highest BCUT2D eigenvalue weighted by Crippen LogP contribution is 2.87. The third-order valence-electron chi connectivity index (χ3n) is 29.5. The first-order valence-electron chi connectivity index (χ1n) is 31.9. The molecule has 0 bridgehead atoms. The predicted octanol–water partition coefficient (Wildman–Crippen LogP) is 22.3. The molecule has 1 nitrogen and oxygen atoms in total. The van der Waals surface area contributed by atoms with Crippen molar-refractivity contribution >= 4 is 368 Å². The number of benzene rings is 21. The molecule has 1 atom stereocenters. The van der Waals surface area contributed by atoms with E-state index in [2.05, 4.69) is 76.0 Å². The summed E-state index contributed by atoms with van der Waals surface area (Å²) in [5, 5.41) is 108. The second-order valence-electron chi connectivity index (χ2n) is 30.5. The van der Waals surface area contributed by atoms with Crippen molar-refractivity contribution in [2.24, 2.45) is 0 Å². The zero-order valence-electron chi connectivity index (χ0n) is 45.2. The third kappa shape index (κ3) is 2.26. The average molecular weight is 1160 g/mol. The van der Waals surface area contributed by atoms with Crippen molar-refractivity contribution in [1.29, 1.82) is 0 Å². The van der Waals surface area contributed by atoms with Crippen LogP contribution in [0.2, 0.25) is 0 Å². The molecule has 0 aromatic heterocycles. The van der Waals surface area contributed by atoms with Gasteiger partial charge in [0.2, 0.25) is 0 Å². The molecule has 1 saturated heterocycles. The molecule has 2 spiro atoms. The molecule has 7 aliphatic rings. The van der Waals surface area contributed by atoms with Crippen LogP contribution in [0.25, 0.3) is 321 Å². The van der Waals surface area contributed by atoms with Gasteiger partial charge >= 0.3 is 0 Å². The summed E-state index contributed by atoms with van der Waals surface area (Å²) >= 11 is 7.69. The zero-order valence-corrected chi connectivity index (χ0v) is 48.5. The van der Waals surface area contributed by atoms with Gasteiger partial charge in [0.05, 0.1) is 19.3 Å². The van der Waals surface area contributed by atoms with Crippen LogP contribution in [0, 0.1) is 0 Å². The molecule has 0 radical (unpaired) electrons. The first-order valence-corrected chi connectivity index (χ1v) is 35.5. The Morgan fingerprint density at radius 3 is 0.807 bits per heavy atom. The minimum atomic E-state index is -0.415. The van der Waals surface area contributed by atoms with Crippen LogP contribution in [-0.4, -0.2) is 18.5 Å². The molecule has 31 aromatic rings. The van der Waals surface area contributed by atoms with Gasteiger partial charge in [-0.1, -0.05) is 83.4 Å². The maximum Gasteiger partial charge on any atom is 0.0575 e. The highest BCUT2D eigenvalue weighted by atomic mass is 32.2. The van der Waals surface area contributed by atoms with Crippen LogP contribution in [0.15, 0.2) is 64.1 Å². The topological polar surface area (TPSA) is 3.24 Å². The van der Waals surface area contributed by atoms with E-state index < -0.39 is 5.41 Å². The van der Waals surface area contributed by atoms with E-state index in [0.717, 1.165) is 6.54 Å². The Kier molecular flexibility index (Phi) is 3.78. The smallest absolute Gasteiger partial charge is 0.0575 e. The maximum atomic E-state index is 3.02. The standard InChI is InChI=1S/C83H17NS4/c1-84-13-82-75-67-59-49-39-31-23-21-22-25-29-27(23)35-43-37(29)47-41-33(25)34-26(22)30-28-24(21)32(31)40-46-36(28)44-38(30)48-42(34)52-51(41)63-57(47)65-55(43)61(53(59)45(35)39)69(75)71(65)77-73(63)74-64(52)58(48)66-56(44)62-54(46)60(50(40)49)68(67)76(82)70(62)72(66)78(74)83(77,82)79(84)14-6-7-17-18(12-14)20(81-87-10-11-88-81)16-5-3-2-4-15(16)19(17)80-85-8-9-86-80/h2-12,79H,13H2,1H3. The molecule has 0 amide bonds. The van der Waals surface area contributed by atoms with Crippen molar-refractivity contribution in [3.8, 4) is 0 Å². The number of nitrogens with zero attached hydrogens (tertiary/aromatic N) is 1. The van der Waals surface area contributed by atoms with Crippen molar-refractivity contribution in [3.05, 3.63) is 102 Å². The number of fused-ring (bicyclic) bond motifs is 2. The first-order chi connectivity index (χ1) is 43.8. The summed E-state index contributed by atoms with van der Waals surface area (Å²) in [5.74, 6) is 0. The third-order valence-corrected chi connectivity index (χ3v) is 33.7. The van der Waals surface area contributed by atoms with Crippen molar-refractivity contribution in [2.45, 2.75) is 16.9 Å². The van der Waals surface area contributed by atoms with Gasteiger partial charge in [-0.05, 0) is 375 Å². The monoisotopic (exact) mass is 1160 g/mol. The molecule has 0 N–H and O–H groups in total. The summed E-state index contributed by atoms with van der Waals surface area (Å²) in [4.78, 5) is 3.02. The lowest BCUT2D eigenvalue weighted by molar-refractivity contribution is 0.271. The van der Waals surface area contributed by atoms with E-state index in [1.54, 1.807) is 313 Å². The van der Waals surface area contributed by atoms with Crippen molar-refractivity contribution in [3.63, 3.8) is 0 Å². The summed E-state index contributed by atoms with van der Waals surface area (Å²) in [7, 11) is 2.63. The van der Waals surface area contributed by atoms with Crippen molar-refractivity contribution in [1.82, 2.24) is 4.90 Å². The Morgan fingerprint density at radius 1 is 0.284 bits per heavy atom. The van der Waals surface area contributed by atoms with E-state index >= 15 is 0 Å². The molecular formula is C83H17NS4. The van der Waals surface area contributed by atoms with Crippen molar-refractivity contribution < 1.29 is 0 Å². The van der Waals surface area contributed by atoms with Gasteiger partial charge in [0.25, 0.3) is 0 Å². The van der Waals surface area contributed by atoms with E-state index in [4.69, 9.17) is 0 Å². The van der Waals surface area contributed by atoms with E-state index in [-0.39, 0.29) is 11.5 Å². The van der Waals surface area contributed by atoms with Gasteiger partial charge in [0.15, 0.2) is 0 Å². The normalized spacial score (nSPS) is 23.1. The molecule has 31 aromatic carbocycles. The lowest BCUT2D eigenvalue weighted by Gasteiger charge is -2.52. The highest BCUT2D eigenvalue weighted by molar-refractivity contribution is 8.35. The molecule has 3 aliphatic heterocycles. The average Bonchev–Trinajstić information content (AvgIpc) is 1.38. The molecule has 1 unspecified atom stereocenters. The lowest BCUT2D eigenvalue weighted by Crippen LogP contribution is -2.51. The molecular weight excluding hydrogens is 1140 g/mol. The molecule has 88 heavy (non-hydrogen) atoms. The van der Waals surface area contributed by atoms with Gasteiger partial charge in [0, 0.05) is 23.0 Å². The summed E-state index contributed by atoms with van der Waals surface area (Å²) < 4.78 is 2.81. The summed E-state index contributed by atoms with van der Waals surface area (Å²) in [6, 6.07) is 17.7. The number of hydrogen-bond acceptors (Lipinski definition) is 5. The largest absolute Gasteiger partial charge is 0.297 e. The highest BCUT2D eigenvalue weighted by Gasteiger charge is 2.76. The number of hydrogen-bond donors (Lipinski definition) is 0.